The number of aliphatic hydroxyl groups excluding tert-OH is 1. The molecule has 1 N–H and O–H groups in total. The van der Waals surface area contributed by atoms with Gasteiger partial charge in [-0.05, 0) is 18.6 Å². The Morgan fingerprint density at radius 2 is 2.08 bits per heavy atom. The van der Waals surface area contributed by atoms with Gasteiger partial charge in [0.15, 0.2) is 0 Å². The molecule has 0 fully saturated rings. The average Bonchev–Trinajstić information content (AvgIpc) is 2.13. The molecule has 0 aliphatic heterocycles. The van der Waals surface area contributed by atoms with E-state index in [0.717, 1.165) is 5.57 Å². The molecule has 1 nitrogen and oxygen atoms in total. The molecule has 0 saturated carbocycles. The first-order chi connectivity index (χ1) is 6.14. The van der Waals surface area contributed by atoms with E-state index in [4.69, 9.17) is 0 Å². The van der Waals surface area contributed by atoms with E-state index in [-0.39, 0.29) is 5.41 Å². The van der Waals surface area contributed by atoms with E-state index < -0.39 is 0 Å². The summed E-state index contributed by atoms with van der Waals surface area (Å²) in [6, 6.07) is 0. The molecule has 1 unspecified atom stereocenters. The molecule has 0 bridgehead atoms. The van der Waals surface area contributed by atoms with Crippen molar-refractivity contribution >= 4 is 0 Å². The first-order valence-electron chi connectivity index (χ1n) is 4.59. The van der Waals surface area contributed by atoms with Gasteiger partial charge in [-0.2, -0.15) is 0 Å². The minimum atomic E-state index is -0.0203. The van der Waals surface area contributed by atoms with Gasteiger partial charge in [-0.3, -0.25) is 0 Å². The minimum absolute atomic E-state index is 0.0203. The largest absolute Gasteiger partial charge is 0.508 e. The van der Waals surface area contributed by atoms with Crippen LogP contribution in [0.3, 0.4) is 0 Å². The molecule has 0 spiro atoms. The average molecular weight is 174 g/mol. The Morgan fingerprint density at radius 3 is 2.85 bits per heavy atom. The van der Waals surface area contributed by atoms with Gasteiger partial charge in [0.05, 0.1) is 0 Å². The van der Waals surface area contributed by atoms with E-state index in [1.165, 1.54) is 0 Å². The molecular weight excluding hydrogens is 160 g/mol. The van der Waals surface area contributed by atoms with Crippen molar-refractivity contribution in [1.82, 2.24) is 0 Å². The lowest BCUT2D eigenvalue weighted by Gasteiger charge is -2.37. The van der Waals surface area contributed by atoms with Crippen molar-refractivity contribution in [3.63, 3.8) is 0 Å². The van der Waals surface area contributed by atoms with Crippen LogP contribution in [0.15, 0.2) is 47.8 Å². The maximum atomic E-state index is 9.62. The van der Waals surface area contributed by atoms with E-state index in [1.807, 2.05) is 13.0 Å². The third-order valence-corrected chi connectivity index (χ3v) is 3.22. The second-order valence-electron chi connectivity index (χ2n) is 3.92. The predicted octanol–water partition coefficient (Wildman–Crippen LogP) is 3.14. The van der Waals surface area contributed by atoms with Crippen LogP contribution in [0.25, 0.3) is 0 Å². The molecule has 0 aromatic rings. The maximum Gasteiger partial charge on any atom is 0.115 e. The molecule has 0 heterocycles. The quantitative estimate of drug-likeness (QED) is 0.598. The fourth-order valence-electron chi connectivity index (χ4n) is 1.99. The molecule has 0 aromatic heterocycles. The van der Waals surface area contributed by atoms with Gasteiger partial charge in [0, 0.05) is 11.3 Å². The van der Waals surface area contributed by atoms with E-state index in [9.17, 15) is 5.11 Å². The number of allylic oxidation sites excluding steroid dienone is 7. The number of hydrogen-bond acceptors (Lipinski definition) is 1. The van der Waals surface area contributed by atoms with Gasteiger partial charge < -0.3 is 5.11 Å². The van der Waals surface area contributed by atoms with E-state index in [2.05, 4.69) is 31.2 Å². The summed E-state index contributed by atoms with van der Waals surface area (Å²) in [6.07, 6.45) is 12.3. The Kier molecular flexibility index (Phi) is 1.69. The lowest BCUT2D eigenvalue weighted by Crippen LogP contribution is -2.28. The molecule has 1 heteroatoms. The lowest BCUT2D eigenvalue weighted by atomic mass is 9.67. The standard InChI is InChI=1S/C12H14O/c1-9-11(13)7-6-10-5-3-4-8-12(9,10)2/h3-8,10,13H,1-2H3/t10-,12?/m1/s1. The fraction of sp³-hybridized carbons (Fsp3) is 0.333. The Morgan fingerprint density at radius 1 is 1.31 bits per heavy atom. The third-order valence-electron chi connectivity index (χ3n) is 3.22. The highest BCUT2D eigenvalue weighted by Gasteiger charge is 2.35. The van der Waals surface area contributed by atoms with Gasteiger partial charge in [0.25, 0.3) is 0 Å². The van der Waals surface area contributed by atoms with Crippen molar-refractivity contribution in [2.75, 3.05) is 0 Å². The summed E-state index contributed by atoms with van der Waals surface area (Å²) in [5.74, 6) is 0.812. The zero-order valence-corrected chi connectivity index (χ0v) is 7.99. The summed E-state index contributed by atoms with van der Waals surface area (Å²) < 4.78 is 0. The molecule has 0 radical (unpaired) electrons. The number of rotatable bonds is 0. The molecule has 13 heavy (non-hydrogen) atoms. The van der Waals surface area contributed by atoms with Crippen molar-refractivity contribution in [2.45, 2.75) is 13.8 Å². The van der Waals surface area contributed by atoms with Gasteiger partial charge in [-0.15, -0.1) is 0 Å². The molecule has 0 aromatic carbocycles. The van der Waals surface area contributed by atoms with Crippen LogP contribution in [0.4, 0.5) is 0 Å². The number of aliphatic hydroxyl groups is 1. The number of fused-ring (bicyclic) bond motifs is 1. The highest BCUT2D eigenvalue weighted by molar-refractivity contribution is 5.40. The molecule has 2 rings (SSSR count). The van der Waals surface area contributed by atoms with Gasteiger partial charge in [-0.25, -0.2) is 0 Å². The third kappa shape index (κ3) is 1.07. The maximum absolute atomic E-state index is 9.62. The minimum Gasteiger partial charge on any atom is -0.508 e. The zero-order valence-electron chi connectivity index (χ0n) is 7.99. The van der Waals surface area contributed by atoms with Crippen molar-refractivity contribution < 1.29 is 5.11 Å². The molecule has 68 valence electrons. The second-order valence-corrected chi connectivity index (χ2v) is 3.92. The van der Waals surface area contributed by atoms with Crippen molar-refractivity contribution in [3.05, 3.63) is 47.8 Å². The van der Waals surface area contributed by atoms with E-state index >= 15 is 0 Å². The molecular formula is C12H14O. The van der Waals surface area contributed by atoms with Crippen LogP contribution in [0, 0.1) is 11.3 Å². The van der Waals surface area contributed by atoms with Gasteiger partial charge in [0.1, 0.15) is 5.76 Å². The molecule has 2 aliphatic carbocycles. The van der Waals surface area contributed by atoms with Gasteiger partial charge >= 0.3 is 0 Å². The topological polar surface area (TPSA) is 20.2 Å². The molecule has 2 aliphatic rings. The van der Waals surface area contributed by atoms with Crippen LogP contribution in [0.5, 0.6) is 0 Å². The van der Waals surface area contributed by atoms with Crippen LogP contribution in [0.2, 0.25) is 0 Å². The Balaban J connectivity index is 2.51. The Labute approximate surface area is 78.8 Å². The van der Waals surface area contributed by atoms with Crippen LogP contribution in [-0.4, -0.2) is 5.11 Å². The summed E-state index contributed by atoms with van der Waals surface area (Å²) in [7, 11) is 0. The smallest absolute Gasteiger partial charge is 0.115 e. The summed E-state index contributed by atoms with van der Waals surface area (Å²) >= 11 is 0. The summed E-state index contributed by atoms with van der Waals surface area (Å²) in [5.41, 5.74) is 1.04. The highest BCUT2D eigenvalue weighted by atomic mass is 16.3. The normalized spacial score (nSPS) is 36.6. The Bertz CT molecular complexity index is 344. The summed E-state index contributed by atoms with van der Waals surface area (Å²) in [4.78, 5) is 0. The zero-order chi connectivity index (χ0) is 9.47. The molecule has 2 atom stereocenters. The van der Waals surface area contributed by atoms with Crippen LogP contribution in [0.1, 0.15) is 13.8 Å². The monoisotopic (exact) mass is 174 g/mol. The molecule has 0 saturated heterocycles. The first kappa shape index (κ1) is 8.36. The molecule has 0 amide bonds. The summed E-state index contributed by atoms with van der Waals surface area (Å²) in [6.45, 7) is 4.15. The van der Waals surface area contributed by atoms with E-state index in [1.54, 1.807) is 6.08 Å². The van der Waals surface area contributed by atoms with Gasteiger partial charge in [-0.1, -0.05) is 37.3 Å². The van der Waals surface area contributed by atoms with Crippen molar-refractivity contribution in [1.29, 1.82) is 0 Å². The van der Waals surface area contributed by atoms with Crippen LogP contribution < -0.4 is 0 Å². The van der Waals surface area contributed by atoms with Gasteiger partial charge in [0.2, 0.25) is 0 Å². The predicted molar refractivity (Wildman–Crippen MR) is 54.3 cm³/mol. The van der Waals surface area contributed by atoms with Crippen molar-refractivity contribution in [3.8, 4) is 0 Å². The first-order valence-corrected chi connectivity index (χ1v) is 4.59. The fourth-order valence-corrected chi connectivity index (χ4v) is 1.99. The van der Waals surface area contributed by atoms with Crippen LogP contribution >= 0.6 is 0 Å². The van der Waals surface area contributed by atoms with E-state index in [0.29, 0.717) is 11.7 Å². The highest BCUT2D eigenvalue weighted by Crippen LogP contribution is 2.44. The lowest BCUT2D eigenvalue weighted by molar-refractivity contribution is 0.354. The second kappa shape index (κ2) is 2.63. The summed E-state index contributed by atoms with van der Waals surface area (Å²) in [5, 5.41) is 9.62. The SMILES string of the molecule is CC1=C(O)C=C[C@H]2C=CC=CC12C. The Hall–Kier alpha value is -1.24. The van der Waals surface area contributed by atoms with Crippen LogP contribution in [-0.2, 0) is 0 Å². The van der Waals surface area contributed by atoms with Crippen molar-refractivity contribution in [2.24, 2.45) is 11.3 Å². The number of hydrogen-bond donors (Lipinski definition) is 1.